The lowest BCUT2D eigenvalue weighted by Gasteiger charge is -1.99. The average molecular weight is 247 g/mol. The Morgan fingerprint density at radius 1 is 1.47 bits per heavy atom. The topological polar surface area (TPSA) is 67.8 Å². The molecule has 0 atom stereocenters. The summed E-state index contributed by atoms with van der Waals surface area (Å²) in [5.41, 5.74) is -0.0133. The molecule has 0 bridgehead atoms. The lowest BCUT2D eigenvalue weighted by molar-refractivity contribution is 0.685. The van der Waals surface area contributed by atoms with Crippen molar-refractivity contribution in [2.45, 2.75) is 13.5 Å². The van der Waals surface area contributed by atoms with Crippen LogP contribution in [0.1, 0.15) is 6.92 Å². The minimum Gasteiger partial charge on any atom is -0.305 e. The van der Waals surface area contributed by atoms with Crippen LogP contribution in [0.5, 0.6) is 0 Å². The summed E-state index contributed by atoms with van der Waals surface area (Å²) in [7, 11) is 0. The highest BCUT2D eigenvalue weighted by Crippen LogP contribution is 2.27. The van der Waals surface area contributed by atoms with Crippen molar-refractivity contribution in [3.8, 4) is 0 Å². The van der Waals surface area contributed by atoms with Gasteiger partial charge in [0.25, 0.3) is 5.56 Å². The van der Waals surface area contributed by atoms with Gasteiger partial charge in [-0.15, -0.1) is 11.3 Å². The largest absolute Gasteiger partial charge is 0.328 e. The van der Waals surface area contributed by atoms with Crippen molar-refractivity contribution >= 4 is 31.8 Å². The summed E-state index contributed by atoms with van der Waals surface area (Å²) in [6.07, 6.45) is 1.67. The number of hydrogen-bond donors (Lipinski definition) is 1. The smallest absolute Gasteiger partial charge is 0.305 e. The second-order valence-electron chi connectivity index (χ2n) is 3.64. The van der Waals surface area contributed by atoms with Gasteiger partial charge in [-0.1, -0.05) is 0 Å². The Morgan fingerprint density at radius 2 is 2.29 bits per heavy atom. The van der Waals surface area contributed by atoms with E-state index in [9.17, 15) is 9.59 Å². The number of pyridine rings is 1. The van der Waals surface area contributed by atoms with Crippen molar-refractivity contribution in [2.24, 2.45) is 0 Å². The van der Waals surface area contributed by atoms with Gasteiger partial charge in [-0.25, -0.2) is 9.78 Å². The first kappa shape index (κ1) is 10.2. The molecule has 3 heterocycles. The fourth-order valence-corrected chi connectivity index (χ4v) is 2.93. The van der Waals surface area contributed by atoms with Crippen molar-refractivity contribution in [2.75, 3.05) is 0 Å². The number of nitrogens with zero attached hydrogens (tertiary/aromatic N) is 2. The van der Waals surface area contributed by atoms with Gasteiger partial charge in [0.05, 0.1) is 5.52 Å². The molecule has 0 aromatic carbocycles. The predicted molar refractivity (Wildman–Crippen MR) is 67.7 cm³/mol. The molecule has 0 aliphatic rings. The van der Waals surface area contributed by atoms with Gasteiger partial charge in [-0.3, -0.25) is 9.36 Å². The van der Waals surface area contributed by atoms with Crippen molar-refractivity contribution in [3.63, 3.8) is 0 Å². The number of thiophene rings is 1. The summed E-state index contributed by atoms with van der Waals surface area (Å²) in [6, 6.07) is 3.64. The molecule has 3 aromatic heterocycles. The van der Waals surface area contributed by atoms with E-state index in [-0.39, 0.29) is 11.2 Å². The molecule has 3 aromatic rings. The van der Waals surface area contributed by atoms with Crippen LogP contribution in [0.25, 0.3) is 20.4 Å². The summed E-state index contributed by atoms with van der Waals surface area (Å²) in [4.78, 5) is 31.5. The molecule has 6 heteroatoms. The van der Waals surface area contributed by atoms with Crippen LogP contribution in [0, 0.1) is 0 Å². The first-order valence-electron chi connectivity index (χ1n) is 5.22. The van der Waals surface area contributed by atoms with E-state index in [1.165, 1.54) is 15.9 Å². The normalized spacial score (nSPS) is 11.4. The van der Waals surface area contributed by atoms with Crippen LogP contribution in [-0.4, -0.2) is 14.5 Å². The van der Waals surface area contributed by atoms with E-state index >= 15 is 0 Å². The molecule has 0 amide bonds. The molecular formula is C11H9N3O2S. The number of aromatic nitrogens is 3. The van der Waals surface area contributed by atoms with Crippen LogP contribution >= 0.6 is 11.3 Å². The molecule has 0 fully saturated rings. The highest BCUT2D eigenvalue weighted by molar-refractivity contribution is 7.25. The standard InChI is InChI=1S/C11H9N3O2S/c1-2-14-10(15)8-7(13-11(14)16)6-4-3-5-12-9(6)17-8/h3-5H,2H2,1H3,(H,13,16). The SMILES string of the molecule is CCn1c(=O)[nH]c2c(sc3ncccc32)c1=O. The number of fused-ring (bicyclic) bond motifs is 3. The zero-order valence-corrected chi connectivity index (χ0v) is 9.87. The highest BCUT2D eigenvalue weighted by atomic mass is 32.1. The molecular weight excluding hydrogens is 238 g/mol. The third-order valence-electron chi connectivity index (χ3n) is 2.70. The van der Waals surface area contributed by atoms with Crippen LogP contribution < -0.4 is 11.2 Å². The summed E-state index contributed by atoms with van der Waals surface area (Å²) in [6.45, 7) is 2.14. The van der Waals surface area contributed by atoms with Crippen molar-refractivity contribution in [3.05, 3.63) is 39.2 Å². The van der Waals surface area contributed by atoms with E-state index in [0.717, 1.165) is 10.2 Å². The number of nitrogens with one attached hydrogen (secondary N) is 1. The van der Waals surface area contributed by atoms with E-state index < -0.39 is 0 Å². The van der Waals surface area contributed by atoms with Crippen LogP contribution in [0.3, 0.4) is 0 Å². The Balaban J connectivity index is 2.63. The molecule has 0 aliphatic heterocycles. The molecule has 17 heavy (non-hydrogen) atoms. The Bertz CT molecular complexity index is 828. The Kier molecular flexibility index (Phi) is 2.12. The van der Waals surface area contributed by atoms with Crippen molar-refractivity contribution in [1.29, 1.82) is 0 Å². The van der Waals surface area contributed by atoms with Gasteiger partial charge in [0, 0.05) is 18.1 Å². The highest BCUT2D eigenvalue weighted by Gasteiger charge is 2.12. The van der Waals surface area contributed by atoms with Gasteiger partial charge in [0.15, 0.2) is 0 Å². The maximum absolute atomic E-state index is 12.1. The fraction of sp³-hybridized carbons (Fsp3) is 0.182. The van der Waals surface area contributed by atoms with Crippen LogP contribution in [0.15, 0.2) is 27.9 Å². The summed E-state index contributed by atoms with van der Waals surface area (Å²) >= 11 is 1.31. The Morgan fingerprint density at radius 3 is 3.06 bits per heavy atom. The Labute approximate surface area is 99.4 Å². The van der Waals surface area contributed by atoms with Crippen molar-refractivity contribution in [1.82, 2.24) is 14.5 Å². The van der Waals surface area contributed by atoms with Crippen LogP contribution in [0.2, 0.25) is 0 Å². The first-order valence-corrected chi connectivity index (χ1v) is 6.04. The van der Waals surface area contributed by atoms with Crippen molar-refractivity contribution < 1.29 is 0 Å². The van der Waals surface area contributed by atoms with E-state index in [2.05, 4.69) is 9.97 Å². The molecule has 5 nitrogen and oxygen atoms in total. The minimum absolute atomic E-state index is 0.241. The fourth-order valence-electron chi connectivity index (χ4n) is 1.88. The zero-order valence-electron chi connectivity index (χ0n) is 9.06. The molecule has 0 radical (unpaired) electrons. The molecule has 0 saturated carbocycles. The van der Waals surface area contributed by atoms with Crippen LogP contribution in [0.4, 0.5) is 0 Å². The number of rotatable bonds is 1. The third-order valence-corrected chi connectivity index (χ3v) is 3.80. The number of hydrogen-bond acceptors (Lipinski definition) is 4. The van der Waals surface area contributed by atoms with E-state index in [1.807, 2.05) is 6.07 Å². The van der Waals surface area contributed by atoms with E-state index in [1.54, 1.807) is 19.2 Å². The summed E-state index contributed by atoms with van der Waals surface area (Å²) in [5, 5.41) is 0.824. The van der Waals surface area contributed by atoms with Crippen LogP contribution in [-0.2, 0) is 6.54 Å². The average Bonchev–Trinajstić information content (AvgIpc) is 2.69. The first-order chi connectivity index (χ1) is 8.22. The molecule has 0 saturated heterocycles. The number of H-pyrrole nitrogens is 1. The monoisotopic (exact) mass is 247 g/mol. The quantitative estimate of drug-likeness (QED) is 0.705. The van der Waals surface area contributed by atoms with Gasteiger partial charge in [0.1, 0.15) is 9.53 Å². The minimum atomic E-state index is -0.367. The van der Waals surface area contributed by atoms with E-state index in [0.29, 0.717) is 16.8 Å². The maximum atomic E-state index is 12.1. The maximum Gasteiger partial charge on any atom is 0.328 e. The van der Waals surface area contributed by atoms with Gasteiger partial charge in [0.2, 0.25) is 0 Å². The molecule has 0 aliphatic carbocycles. The molecule has 1 N–H and O–H groups in total. The lowest BCUT2D eigenvalue weighted by atomic mass is 10.3. The van der Waals surface area contributed by atoms with E-state index in [4.69, 9.17) is 0 Å². The molecule has 3 rings (SSSR count). The molecule has 0 spiro atoms. The second-order valence-corrected chi connectivity index (χ2v) is 4.64. The number of aromatic amines is 1. The Hall–Kier alpha value is -1.95. The summed E-state index contributed by atoms with van der Waals surface area (Å²) in [5.74, 6) is 0. The molecule has 86 valence electrons. The van der Waals surface area contributed by atoms with Gasteiger partial charge in [-0.05, 0) is 19.1 Å². The predicted octanol–water partition coefficient (Wildman–Crippen LogP) is 1.32. The summed E-state index contributed by atoms with van der Waals surface area (Å²) < 4.78 is 1.75. The van der Waals surface area contributed by atoms with Gasteiger partial charge < -0.3 is 4.98 Å². The zero-order chi connectivity index (χ0) is 12.0. The molecule has 0 unspecified atom stereocenters. The van der Waals surface area contributed by atoms with Gasteiger partial charge >= 0.3 is 5.69 Å². The lowest BCUT2D eigenvalue weighted by Crippen LogP contribution is -2.33. The van der Waals surface area contributed by atoms with Gasteiger partial charge in [-0.2, -0.15) is 0 Å². The third kappa shape index (κ3) is 1.34. The second kappa shape index (κ2) is 3.53.